The van der Waals surface area contributed by atoms with Crippen LogP contribution in [0.1, 0.15) is 51.4 Å². The molecule has 0 aromatic heterocycles. The van der Waals surface area contributed by atoms with Gasteiger partial charge in [0, 0.05) is 12.2 Å². The number of carbonyl (C=O) groups is 1. The van der Waals surface area contributed by atoms with Crippen LogP contribution in [-0.4, -0.2) is 46.5 Å². The van der Waals surface area contributed by atoms with Crippen molar-refractivity contribution in [1.29, 1.82) is 0 Å². The summed E-state index contributed by atoms with van der Waals surface area (Å²) >= 11 is 1.85. The Kier molecular flexibility index (Phi) is 7.34. The Labute approximate surface area is 131 Å². The molecule has 0 aromatic carbocycles. The van der Waals surface area contributed by atoms with E-state index < -0.39 is 5.97 Å². The van der Waals surface area contributed by atoms with Gasteiger partial charge in [0.2, 0.25) is 0 Å². The molecule has 0 amide bonds. The minimum Gasteiger partial charge on any atom is -0.481 e. The summed E-state index contributed by atoms with van der Waals surface area (Å²) in [6.07, 6.45) is 9.04. The van der Waals surface area contributed by atoms with E-state index in [1.807, 2.05) is 11.8 Å². The monoisotopic (exact) mass is 316 g/mol. The molecule has 5 heteroatoms. The number of carboxylic acid groups (broad SMARTS) is 1. The minimum absolute atomic E-state index is 0.264. The first-order valence-corrected chi connectivity index (χ1v) is 9.43. The van der Waals surface area contributed by atoms with Crippen molar-refractivity contribution in [2.75, 3.05) is 18.1 Å². The first kappa shape index (κ1) is 17.1. The van der Waals surface area contributed by atoms with Crippen molar-refractivity contribution < 1.29 is 19.7 Å². The van der Waals surface area contributed by atoms with Gasteiger partial charge in [0.15, 0.2) is 0 Å². The van der Waals surface area contributed by atoms with Crippen molar-refractivity contribution in [1.82, 2.24) is 0 Å². The van der Waals surface area contributed by atoms with Crippen molar-refractivity contribution in [2.24, 2.45) is 11.8 Å². The average Bonchev–Trinajstić information content (AvgIpc) is 3.04. The number of thioether (sulfide) groups is 1. The summed E-state index contributed by atoms with van der Waals surface area (Å²) < 4.78 is 6.08. The third-order valence-corrected chi connectivity index (χ3v) is 5.91. The molecular weight excluding hydrogens is 288 g/mol. The molecular formula is C16H28O4S. The topological polar surface area (TPSA) is 66.8 Å². The number of aliphatic hydroxyl groups excluding tert-OH is 1. The highest BCUT2D eigenvalue weighted by atomic mass is 32.2. The number of ether oxygens (including phenoxy) is 1. The van der Waals surface area contributed by atoms with E-state index in [-0.39, 0.29) is 6.61 Å². The standard InChI is InChI=1S/C16H28O4S/c17-9-10-21-11-13-12(14-7-8-15(13)20-14)5-3-1-2-4-6-16(18)19/h12-15,17H,1-11H2,(H,18,19)/t12-,13+,14-,15+/m1/s1. The summed E-state index contributed by atoms with van der Waals surface area (Å²) in [5.74, 6) is 2.62. The van der Waals surface area contributed by atoms with E-state index in [2.05, 4.69) is 0 Å². The van der Waals surface area contributed by atoms with Gasteiger partial charge in [-0.1, -0.05) is 19.3 Å². The van der Waals surface area contributed by atoms with Crippen LogP contribution in [0.15, 0.2) is 0 Å². The summed E-state index contributed by atoms with van der Waals surface area (Å²) in [6, 6.07) is 0. The van der Waals surface area contributed by atoms with Gasteiger partial charge in [-0.25, -0.2) is 0 Å². The minimum atomic E-state index is -0.683. The summed E-state index contributed by atoms with van der Waals surface area (Å²) in [5.41, 5.74) is 0. The molecule has 4 atom stereocenters. The average molecular weight is 316 g/mol. The van der Waals surface area contributed by atoms with Crippen LogP contribution in [0.3, 0.4) is 0 Å². The van der Waals surface area contributed by atoms with Gasteiger partial charge in [-0.05, 0) is 43.3 Å². The van der Waals surface area contributed by atoms with Crippen LogP contribution < -0.4 is 0 Å². The number of carboxylic acids is 1. The lowest BCUT2D eigenvalue weighted by molar-refractivity contribution is -0.137. The smallest absolute Gasteiger partial charge is 0.303 e. The fraction of sp³-hybridized carbons (Fsp3) is 0.938. The van der Waals surface area contributed by atoms with Gasteiger partial charge in [-0.2, -0.15) is 11.8 Å². The van der Waals surface area contributed by atoms with Gasteiger partial charge in [-0.15, -0.1) is 0 Å². The molecule has 2 bridgehead atoms. The third-order valence-electron chi connectivity index (χ3n) is 4.81. The molecule has 0 aromatic rings. The summed E-state index contributed by atoms with van der Waals surface area (Å²) in [5, 5.41) is 17.5. The van der Waals surface area contributed by atoms with E-state index in [4.69, 9.17) is 14.9 Å². The van der Waals surface area contributed by atoms with Gasteiger partial charge in [-0.3, -0.25) is 4.79 Å². The molecule has 0 saturated carbocycles. The Hall–Kier alpha value is -0.260. The zero-order valence-corrected chi connectivity index (χ0v) is 13.5. The fourth-order valence-electron chi connectivity index (χ4n) is 3.80. The van der Waals surface area contributed by atoms with E-state index in [9.17, 15) is 4.79 Å². The molecule has 0 radical (unpaired) electrons. The van der Waals surface area contributed by atoms with Crippen LogP contribution in [0.4, 0.5) is 0 Å². The van der Waals surface area contributed by atoms with Crippen molar-refractivity contribution in [3.8, 4) is 0 Å². The zero-order valence-electron chi connectivity index (χ0n) is 12.7. The highest BCUT2D eigenvalue weighted by Gasteiger charge is 2.47. The van der Waals surface area contributed by atoms with E-state index in [0.29, 0.717) is 30.5 Å². The van der Waals surface area contributed by atoms with Crippen molar-refractivity contribution >= 4 is 17.7 Å². The van der Waals surface area contributed by atoms with E-state index in [1.54, 1.807) is 0 Å². The number of fused-ring (bicyclic) bond motifs is 2. The first-order valence-electron chi connectivity index (χ1n) is 8.28. The number of aliphatic hydroxyl groups is 1. The molecule has 2 saturated heterocycles. The number of hydrogen-bond acceptors (Lipinski definition) is 4. The van der Waals surface area contributed by atoms with Gasteiger partial charge in [0.05, 0.1) is 18.8 Å². The molecule has 0 unspecified atom stereocenters. The quantitative estimate of drug-likeness (QED) is 0.574. The van der Waals surface area contributed by atoms with E-state index >= 15 is 0 Å². The first-order chi connectivity index (χ1) is 10.2. The van der Waals surface area contributed by atoms with Crippen molar-refractivity contribution in [3.05, 3.63) is 0 Å². The van der Waals surface area contributed by atoms with Crippen molar-refractivity contribution in [2.45, 2.75) is 63.6 Å². The molecule has 21 heavy (non-hydrogen) atoms. The molecule has 2 aliphatic heterocycles. The second kappa shape index (κ2) is 9.01. The van der Waals surface area contributed by atoms with Gasteiger partial charge < -0.3 is 14.9 Å². The Bertz CT molecular complexity index is 323. The van der Waals surface area contributed by atoms with Crippen LogP contribution >= 0.6 is 11.8 Å². The molecule has 2 aliphatic rings. The molecule has 4 nitrogen and oxygen atoms in total. The largest absolute Gasteiger partial charge is 0.481 e. The van der Waals surface area contributed by atoms with Crippen LogP contribution in [0.5, 0.6) is 0 Å². The predicted octanol–water partition coefficient (Wildman–Crippen LogP) is 2.93. The molecule has 2 heterocycles. The number of aliphatic carboxylic acids is 1. The molecule has 2 rings (SSSR count). The Morgan fingerprint density at radius 1 is 1.10 bits per heavy atom. The molecule has 2 N–H and O–H groups in total. The number of hydrogen-bond donors (Lipinski definition) is 2. The molecule has 0 aliphatic carbocycles. The lowest BCUT2D eigenvalue weighted by Crippen LogP contribution is -2.29. The summed E-state index contributed by atoms with van der Waals surface area (Å²) in [6.45, 7) is 0.264. The SMILES string of the molecule is O=C(O)CCCCCC[C@@H]1[C@H](CSCCO)[C@@H]2CC[C@H]1O2. The molecule has 122 valence electrons. The number of unbranched alkanes of at least 4 members (excludes halogenated alkanes) is 3. The Morgan fingerprint density at radius 3 is 2.52 bits per heavy atom. The fourth-order valence-corrected chi connectivity index (χ4v) is 4.82. The highest BCUT2D eigenvalue weighted by molar-refractivity contribution is 7.99. The maximum Gasteiger partial charge on any atom is 0.303 e. The van der Waals surface area contributed by atoms with Crippen LogP contribution in [0.2, 0.25) is 0 Å². The normalized spacial score (nSPS) is 30.9. The van der Waals surface area contributed by atoms with Gasteiger partial charge in [0.25, 0.3) is 0 Å². The third kappa shape index (κ3) is 5.15. The highest BCUT2D eigenvalue weighted by Crippen LogP contribution is 2.46. The van der Waals surface area contributed by atoms with Crippen molar-refractivity contribution in [3.63, 3.8) is 0 Å². The predicted molar refractivity (Wildman–Crippen MR) is 84.6 cm³/mol. The van der Waals surface area contributed by atoms with E-state index in [1.165, 1.54) is 25.7 Å². The van der Waals surface area contributed by atoms with Crippen LogP contribution in [0.25, 0.3) is 0 Å². The maximum absolute atomic E-state index is 10.5. The van der Waals surface area contributed by atoms with Crippen LogP contribution in [0, 0.1) is 11.8 Å². The summed E-state index contributed by atoms with van der Waals surface area (Å²) in [7, 11) is 0. The van der Waals surface area contributed by atoms with Gasteiger partial charge in [0.1, 0.15) is 0 Å². The summed E-state index contributed by atoms with van der Waals surface area (Å²) in [4.78, 5) is 10.5. The van der Waals surface area contributed by atoms with Crippen LogP contribution in [-0.2, 0) is 9.53 Å². The van der Waals surface area contributed by atoms with Gasteiger partial charge >= 0.3 is 5.97 Å². The molecule has 2 fully saturated rings. The lowest BCUT2D eigenvalue weighted by Gasteiger charge is -2.27. The maximum atomic E-state index is 10.5. The second-order valence-electron chi connectivity index (χ2n) is 6.26. The Balaban J connectivity index is 1.64. The lowest BCUT2D eigenvalue weighted by atomic mass is 9.77. The Morgan fingerprint density at radius 2 is 1.81 bits per heavy atom. The second-order valence-corrected chi connectivity index (χ2v) is 7.41. The van der Waals surface area contributed by atoms with E-state index in [0.717, 1.165) is 30.8 Å². The number of rotatable bonds is 11. The molecule has 0 spiro atoms. The zero-order chi connectivity index (χ0) is 15.1.